The molecule has 1 saturated heterocycles. The molecule has 0 aliphatic carbocycles. The second kappa shape index (κ2) is 8.33. The maximum absolute atomic E-state index is 12.8. The van der Waals surface area contributed by atoms with Gasteiger partial charge in [0.05, 0.1) is 15.1 Å². The van der Waals surface area contributed by atoms with E-state index >= 15 is 0 Å². The number of rotatable bonds is 5. The summed E-state index contributed by atoms with van der Waals surface area (Å²) in [6.07, 6.45) is 1.49. The number of hydrogen-bond acceptors (Lipinski definition) is 6. The molecule has 0 atom stereocenters. The second-order valence-corrected chi connectivity index (χ2v) is 10.5. The quantitative estimate of drug-likeness (QED) is 0.602. The molecule has 30 heavy (non-hydrogen) atoms. The highest BCUT2D eigenvalue weighted by molar-refractivity contribution is 7.89. The summed E-state index contributed by atoms with van der Waals surface area (Å²) in [5.41, 5.74) is 1.42. The van der Waals surface area contributed by atoms with E-state index in [1.807, 2.05) is 24.3 Å². The fourth-order valence-corrected chi connectivity index (χ4v) is 5.17. The van der Waals surface area contributed by atoms with Gasteiger partial charge in [0.25, 0.3) is 11.1 Å². The van der Waals surface area contributed by atoms with E-state index in [1.54, 1.807) is 17.0 Å². The Morgan fingerprint density at radius 2 is 1.77 bits per heavy atom. The molecule has 1 aliphatic heterocycles. The van der Waals surface area contributed by atoms with Crippen LogP contribution in [0.1, 0.15) is 23.2 Å². The van der Waals surface area contributed by atoms with E-state index in [2.05, 4.69) is 4.98 Å². The number of carbonyl (C=O) groups is 1. The number of hydrogen-bond donors (Lipinski definition) is 0. The minimum absolute atomic E-state index is 0.0298. The highest BCUT2D eigenvalue weighted by atomic mass is 32.2. The summed E-state index contributed by atoms with van der Waals surface area (Å²) in [4.78, 5) is 19.3. The highest BCUT2D eigenvalue weighted by Gasteiger charge is 2.26. The number of piperidine rings is 1. The van der Waals surface area contributed by atoms with E-state index in [0.717, 1.165) is 27.4 Å². The average Bonchev–Trinajstić information content (AvgIpc) is 3.16. The van der Waals surface area contributed by atoms with E-state index in [1.165, 1.54) is 37.6 Å². The number of aromatic nitrogens is 1. The third kappa shape index (κ3) is 4.19. The number of carbonyl (C=O) groups excluding carboxylic acids is 1. The zero-order valence-corrected chi connectivity index (χ0v) is 18.4. The van der Waals surface area contributed by atoms with Crippen LogP contribution in [0, 0.1) is 0 Å². The predicted molar refractivity (Wildman–Crippen MR) is 116 cm³/mol. The van der Waals surface area contributed by atoms with Crippen molar-refractivity contribution >= 4 is 37.5 Å². The van der Waals surface area contributed by atoms with Gasteiger partial charge in [-0.05, 0) is 36.4 Å². The molecule has 1 amide bonds. The Bertz CT molecular complexity index is 1120. The summed E-state index contributed by atoms with van der Waals surface area (Å²) < 4.78 is 32.6. The Morgan fingerprint density at radius 1 is 1.10 bits per heavy atom. The van der Waals surface area contributed by atoms with Crippen LogP contribution in [0.5, 0.6) is 5.19 Å². The van der Waals surface area contributed by atoms with E-state index in [0.29, 0.717) is 23.8 Å². The SMILES string of the molecule is CN(C)S(=O)(=O)c1ccc(C(=O)N2CCC(Oc3nc4ccccc4s3)CC2)cc1. The number of ether oxygens (including phenoxy) is 1. The van der Waals surface area contributed by atoms with Crippen LogP contribution in [0.25, 0.3) is 10.2 Å². The van der Waals surface area contributed by atoms with Crippen molar-refractivity contribution in [1.82, 2.24) is 14.2 Å². The van der Waals surface area contributed by atoms with E-state index in [9.17, 15) is 13.2 Å². The molecule has 0 N–H and O–H groups in total. The number of thiazole rings is 1. The molecule has 4 rings (SSSR count). The minimum atomic E-state index is -3.50. The third-order valence-corrected chi connectivity index (χ3v) is 7.91. The van der Waals surface area contributed by atoms with Gasteiger partial charge in [-0.25, -0.2) is 17.7 Å². The molecule has 2 aromatic carbocycles. The van der Waals surface area contributed by atoms with Crippen molar-refractivity contribution in [2.45, 2.75) is 23.8 Å². The van der Waals surface area contributed by atoms with Gasteiger partial charge in [-0.2, -0.15) is 0 Å². The Labute approximate surface area is 179 Å². The van der Waals surface area contributed by atoms with Gasteiger partial charge in [0.15, 0.2) is 0 Å². The predicted octanol–water partition coefficient (Wildman–Crippen LogP) is 3.23. The molecule has 1 aliphatic rings. The molecule has 0 saturated carbocycles. The first-order valence-electron chi connectivity index (χ1n) is 9.69. The minimum Gasteiger partial charge on any atom is -0.467 e. The standard InChI is InChI=1S/C21H23N3O4S2/c1-23(2)30(26,27)17-9-7-15(8-10-17)20(25)24-13-11-16(12-14-24)28-21-22-18-5-3-4-6-19(18)29-21/h3-10,16H,11-14H2,1-2H3. The molecule has 158 valence electrons. The summed E-state index contributed by atoms with van der Waals surface area (Å²) in [5.74, 6) is -0.0951. The molecule has 0 radical (unpaired) electrons. The molecule has 1 aromatic heterocycles. The number of amides is 1. The van der Waals surface area contributed by atoms with Gasteiger partial charge in [-0.3, -0.25) is 4.79 Å². The number of para-hydroxylation sites is 1. The number of nitrogens with zero attached hydrogens (tertiary/aromatic N) is 3. The maximum Gasteiger partial charge on any atom is 0.274 e. The molecule has 0 unspecified atom stereocenters. The lowest BCUT2D eigenvalue weighted by atomic mass is 10.1. The van der Waals surface area contributed by atoms with Crippen LogP contribution >= 0.6 is 11.3 Å². The van der Waals surface area contributed by atoms with Crippen molar-refractivity contribution in [1.29, 1.82) is 0 Å². The first kappa shape index (κ1) is 20.8. The van der Waals surface area contributed by atoms with Gasteiger partial charge in [0.2, 0.25) is 10.0 Å². The molecule has 0 bridgehead atoms. The fraction of sp³-hybridized carbons (Fsp3) is 0.333. The van der Waals surface area contributed by atoms with Crippen LogP contribution in [-0.2, 0) is 10.0 Å². The number of likely N-dealkylation sites (tertiary alicyclic amines) is 1. The van der Waals surface area contributed by atoms with Crippen molar-refractivity contribution in [2.75, 3.05) is 27.2 Å². The normalized spacial score (nSPS) is 15.6. The van der Waals surface area contributed by atoms with Crippen molar-refractivity contribution in [3.8, 4) is 5.19 Å². The van der Waals surface area contributed by atoms with Crippen LogP contribution in [-0.4, -0.2) is 61.8 Å². The van der Waals surface area contributed by atoms with Crippen LogP contribution in [0.4, 0.5) is 0 Å². The number of benzene rings is 2. The molecular weight excluding hydrogens is 422 g/mol. The van der Waals surface area contributed by atoms with Crippen molar-refractivity contribution < 1.29 is 17.9 Å². The maximum atomic E-state index is 12.8. The number of sulfonamides is 1. The highest BCUT2D eigenvalue weighted by Crippen LogP contribution is 2.29. The molecular formula is C21H23N3O4S2. The summed E-state index contributed by atoms with van der Waals surface area (Å²) in [6, 6.07) is 14.0. The lowest BCUT2D eigenvalue weighted by molar-refractivity contribution is 0.0595. The van der Waals surface area contributed by atoms with Crippen molar-refractivity contribution in [3.63, 3.8) is 0 Å². The van der Waals surface area contributed by atoms with Gasteiger partial charge in [-0.15, -0.1) is 0 Å². The summed E-state index contributed by atoms with van der Waals surface area (Å²) >= 11 is 1.53. The van der Waals surface area contributed by atoms with Crippen LogP contribution in [0.15, 0.2) is 53.4 Å². The van der Waals surface area contributed by atoms with Gasteiger partial charge in [0.1, 0.15) is 6.10 Å². The summed E-state index contributed by atoms with van der Waals surface area (Å²) in [6.45, 7) is 1.18. The Hall–Kier alpha value is -2.49. The lowest BCUT2D eigenvalue weighted by Gasteiger charge is -2.31. The molecule has 0 spiro atoms. The molecule has 3 aromatic rings. The molecule has 1 fully saturated rings. The van der Waals surface area contributed by atoms with Gasteiger partial charge in [-0.1, -0.05) is 23.5 Å². The average molecular weight is 446 g/mol. The van der Waals surface area contributed by atoms with E-state index in [-0.39, 0.29) is 16.9 Å². The van der Waals surface area contributed by atoms with Gasteiger partial charge >= 0.3 is 0 Å². The van der Waals surface area contributed by atoms with E-state index in [4.69, 9.17) is 4.74 Å². The zero-order valence-electron chi connectivity index (χ0n) is 16.8. The van der Waals surface area contributed by atoms with E-state index < -0.39 is 10.0 Å². The van der Waals surface area contributed by atoms with Crippen molar-refractivity contribution in [2.24, 2.45) is 0 Å². The van der Waals surface area contributed by atoms with Crippen molar-refractivity contribution in [3.05, 3.63) is 54.1 Å². The Kier molecular flexibility index (Phi) is 5.77. The topological polar surface area (TPSA) is 79.8 Å². The van der Waals surface area contributed by atoms with Crippen LogP contribution < -0.4 is 4.74 Å². The Balaban J connectivity index is 1.36. The molecule has 7 nitrogen and oxygen atoms in total. The molecule has 2 heterocycles. The van der Waals surface area contributed by atoms with Gasteiger partial charge in [0, 0.05) is 45.6 Å². The van der Waals surface area contributed by atoms with Crippen LogP contribution in [0.2, 0.25) is 0 Å². The Morgan fingerprint density at radius 3 is 2.40 bits per heavy atom. The smallest absolute Gasteiger partial charge is 0.274 e. The summed E-state index contributed by atoms with van der Waals surface area (Å²) in [7, 11) is -0.542. The largest absolute Gasteiger partial charge is 0.467 e. The van der Waals surface area contributed by atoms with Gasteiger partial charge < -0.3 is 9.64 Å². The lowest BCUT2D eigenvalue weighted by Crippen LogP contribution is -2.41. The second-order valence-electron chi connectivity index (χ2n) is 7.37. The third-order valence-electron chi connectivity index (χ3n) is 5.15. The monoisotopic (exact) mass is 445 g/mol. The first-order chi connectivity index (χ1) is 14.3. The fourth-order valence-electron chi connectivity index (χ4n) is 3.38. The van der Waals surface area contributed by atoms with Crippen LogP contribution in [0.3, 0.4) is 0 Å². The molecule has 9 heteroatoms. The summed E-state index contributed by atoms with van der Waals surface area (Å²) in [5, 5.41) is 0.665. The zero-order chi connectivity index (χ0) is 21.3. The first-order valence-corrected chi connectivity index (χ1v) is 11.9. The number of fused-ring (bicyclic) bond motifs is 1.